The lowest BCUT2D eigenvalue weighted by atomic mass is 10.1. The van der Waals surface area contributed by atoms with Gasteiger partial charge in [0.15, 0.2) is 0 Å². The second-order valence-electron chi connectivity index (χ2n) is 5.37. The number of nitriles is 1. The summed E-state index contributed by atoms with van der Waals surface area (Å²) in [7, 11) is 0. The van der Waals surface area contributed by atoms with E-state index < -0.39 is 0 Å². The van der Waals surface area contributed by atoms with Gasteiger partial charge in [-0.2, -0.15) is 10.4 Å². The third-order valence-corrected chi connectivity index (χ3v) is 3.63. The predicted molar refractivity (Wildman–Crippen MR) is 90.1 cm³/mol. The Morgan fingerprint density at radius 2 is 1.91 bits per heavy atom. The van der Waals surface area contributed by atoms with Crippen LogP contribution in [0.4, 0.5) is 0 Å². The van der Waals surface area contributed by atoms with E-state index in [2.05, 4.69) is 22.7 Å². The summed E-state index contributed by atoms with van der Waals surface area (Å²) < 4.78 is 1.89. The van der Waals surface area contributed by atoms with Crippen molar-refractivity contribution in [2.45, 2.75) is 13.0 Å². The lowest BCUT2D eigenvalue weighted by molar-refractivity contribution is 0.687. The van der Waals surface area contributed by atoms with Gasteiger partial charge < -0.3 is 5.32 Å². The van der Waals surface area contributed by atoms with E-state index in [1.54, 1.807) is 0 Å². The van der Waals surface area contributed by atoms with Crippen molar-refractivity contribution in [2.75, 3.05) is 6.54 Å². The highest BCUT2D eigenvalue weighted by Gasteiger charge is 2.01. The summed E-state index contributed by atoms with van der Waals surface area (Å²) in [5.74, 6) is 0. The number of hydrogen-bond acceptors (Lipinski definition) is 3. The molecule has 114 valence electrons. The third kappa shape index (κ3) is 4.06. The van der Waals surface area contributed by atoms with Crippen LogP contribution >= 0.6 is 0 Å². The topological polar surface area (TPSA) is 53.6 Å². The molecule has 2 aromatic carbocycles. The van der Waals surface area contributed by atoms with Crippen LogP contribution in [0.1, 0.15) is 16.7 Å². The molecule has 1 aromatic heterocycles. The molecule has 1 N–H and O–H groups in total. The smallest absolute Gasteiger partial charge is 0.0991 e. The second kappa shape index (κ2) is 7.39. The van der Waals surface area contributed by atoms with Gasteiger partial charge in [-0.15, -0.1) is 0 Å². The Balaban J connectivity index is 1.50. The summed E-state index contributed by atoms with van der Waals surface area (Å²) in [6.07, 6.45) is 4.89. The largest absolute Gasteiger partial charge is 0.312 e. The number of para-hydroxylation sites is 1. The molecule has 3 aromatic rings. The molecule has 0 saturated heterocycles. The van der Waals surface area contributed by atoms with Gasteiger partial charge in [0.25, 0.3) is 0 Å². The van der Waals surface area contributed by atoms with E-state index in [9.17, 15) is 0 Å². The maximum absolute atomic E-state index is 8.90. The van der Waals surface area contributed by atoms with E-state index in [0.29, 0.717) is 5.56 Å². The van der Waals surface area contributed by atoms with E-state index in [0.717, 1.165) is 30.8 Å². The molecular formula is C19H18N4. The first-order valence-electron chi connectivity index (χ1n) is 7.64. The van der Waals surface area contributed by atoms with Crippen molar-refractivity contribution in [2.24, 2.45) is 0 Å². The third-order valence-electron chi connectivity index (χ3n) is 3.63. The zero-order chi connectivity index (χ0) is 15.9. The molecule has 0 fully saturated rings. The number of aromatic nitrogens is 2. The Labute approximate surface area is 136 Å². The summed E-state index contributed by atoms with van der Waals surface area (Å²) >= 11 is 0. The molecule has 0 bridgehead atoms. The van der Waals surface area contributed by atoms with Gasteiger partial charge in [0, 0.05) is 12.7 Å². The first-order valence-corrected chi connectivity index (χ1v) is 7.64. The fraction of sp³-hybridized carbons (Fsp3) is 0.158. The Bertz CT molecular complexity index is 799. The standard InChI is InChI=1S/C19H18N4/c20-12-16-5-4-6-17(11-16)13-21-10-9-18-14-22-23(15-18)19-7-2-1-3-8-19/h1-8,11,14-15,21H,9-10,13H2. The van der Waals surface area contributed by atoms with Crippen molar-refractivity contribution < 1.29 is 0 Å². The molecule has 0 aliphatic rings. The molecule has 4 nitrogen and oxygen atoms in total. The average Bonchev–Trinajstić information content (AvgIpc) is 3.09. The van der Waals surface area contributed by atoms with Gasteiger partial charge >= 0.3 is 0 Å². The zero-order valence-corrected chi connectivity index (χ0v) is 12.8. The van der Waals surface area contributed by atoms with Crippen LogP contribution in [-0.4, -0.2) is 16.3 Å². The van der Waals surface area contributed by atoms with Crippen LogP contribution in [0.5, 0.6) is 0 Å². The van der Waals surface area contributed by atoms with Crippen molar-refractivity contribution in [1.29, 1.82) is 5.26 Å². The van der Waals surface area contributed by atoms with Crippen molar-refractivity contribution in [3.05, 3.63) is 83.7 Å². The molecule has 23 heavy (non-hydrogen) atoms. The quantitative estimate of drug-likeness (QED) is 0.712. The van der Waals surface area contributed by atoms with Crippen LogP contribution in [0, 0.1) is 11.3 Å². The minimum Gasteiger partial charge on any atom is -0.312 e. The summed E-state index contributed by atoms with van der Waals surface area (Å²) in [4.78, 5) is 0. The van der Waals surface area contributed by atoms with E-state index in [1.165, 1.54) is 5.56 Å². The fourth-order valence-corrected chi connectivity index (χ4v) is 2.43. The SMILES string of the molecule is N#Cc1cccc(CNCCc2cnn(-c3ccccc3)c2)c1. The average molecular weight is 302 g/mol. The number of rotatable bonds is 6. The van der Waals surface area contributed by atoms with Crippen molar-refractivity contribution in [3.8, 4) is 11.8 Å². The maximum atomic E-state index is 8.90. The molecule has 0 unspecified atom stereocenters. The minimum atomic E-state index is 0.702. The molecule has 0 spiro atoms. The molecule has 0 saturated carbocycles. The van der Waals surface area contributed by atoms with E-state index >= 15 is 0 Å². The van der Waals surface area contributed by atoms with Gasteiger partial charge in [0.05, 0.1) is 23.5 Å². The summed E-state index contributed by atoms with van der Waals surface area (Å²) in [5.41, 5.74) is 4.10. The van der Waals surface area contributed by atoms with Gasteiger partial charge in [-0.05, 0) is 48.4 Å². The molecule has 4 heteroatoms. The van der Waals surface area contributed by atoms with Crippen LogP contribution in [0.15, 0.2) is 67.0 Å². The van der Waals surface area contributed by atoms with Crippen LogP contribution in [0.3, 0.4) is 0 Å². The van der Waals surface area contributed by atoms with Crippen LogP contribution in [-0.2, 0) is 13.0 Å². The molecule has 0 radical (unpaired) electrons. The summed E-state index contributed by atoms with van der Waals surface area (Å²) in [5, 5.41) is 16.7. The Morgan fingerprint density at radius 1 is 1.04 bits per heavy atom. The van der Waals surface area contributed by atoms with Crippen LogP contribution in [0.25, 0.3) is 5.69 Å². The zero-order valence-electron chi connectivity index (χ0n) is 12.8. The van der Waals surface area contributed by atoms with Gasteiger partial charge in [-0.3, -0.25) is 0 Å². The number of benzene rings is 2. The van der Waals surface area contributed by atoms with Gasteiger partial charge in [-0.25, -0.2) is 4.68 Å². The molecule has 0 amide bonds. The normalized spacial score (nSPS) is 10.4. The van der Waals surface area contributed by atoms with E-state index in [4.69, 9.17) is 5.26 Å². The van der Waals surface area contributed by atoms with E-state index in [-0.39, 0.29) is 0 Å². The number of nitrogens with one attached hydrogen (secondary N) is 1. The Hall–Kier alpha value is -2.90. The van der Waals surface area contributed by atoms with Gasteiger partial charge in [0.1, 0.15) is 0 Å². The number of nitrogens with zero attached hydrogens (tertiary/aromatic N) is 3. The lowest BCUT2D eigenvalue weighted by Crippen LogP contribution is -2.16. The summed E-state index contributed by atoms with van der Waals surface area (Å²) in [6, 6.07) is 19.9. The van der Waals surface area contributed by atoms with Crippen molar-refractivity contribution in [3.63, 3.8) is 0 Å². The minimum absolute atomic E-state index is 0.702. The molecule has 3 rings (SSSR count). The van der Waals surface area contributed by atoms with Crippen molar-refractivity contribution >= 4 is 0 Å². The summed E-state index contributed by atoms with van der Waals surface area (Å²) in [6.45, 7) is 1.64. The molecule has 0 aliphatic heterocycles. The predicted octanol–water partition coefficient (Wildman–Crippen LogP) is 3.08. The molecule has 0 aliphatic carbocycles. The highest BCUT2D eigenvalue weighted by molar-refractivity contribution is 5.33. The van der Waals surface area contributed by atoms with Gasteiger partial charge in [-0.1, -0.05) is 30.3 Å². The first kappa shape index (κ1) is 15.0. The fourth-order valence-electron chi connectivity index (χ4n) is 2.43. The monoisotopic (exact) mass is 302 g/mol. The first-order chi connectivity index (χ1) is 11.3. The highest BCUT2D eigenvalue weighted by atomic mass is 15.3. The van der Waals surface area contributed by atoms with Crippen LogP contribution < -0.4 is 5.32 Å². The number of hydrogen-bond donors (Lipinski definition) is 1. The molecule has 0 atom stereocenters. The second-order valence-corrected chi connectivity index (χ2v) is 5.37. The van der Waals surface area contributed by atoms with Gasteiger partial charge in [0.2, 0.25) is 0 Å². The van der Waals surface area contributed by atoms with Crippen LogP contribution in [0.2, 0.25) is 0 Å². The highest BCUT2D eigenvalue weighted by Crippen LogP contribution is 2.08. The Kier molecular flexibility index (Phi) is 4.82. The van der Waals surface area contributed by atoms with Crippen molar-refractivity contribution in [1.82, 2.24) is 15.1 Å². The maximum Gasteiger partial charge on any atom is 0.0991 e. The van der Waals surface area contributed by atoms with E-state index in [1.807, 2.05) is 65.5 Å². The Morgan fingerprint density at radius 3 is 2.74 bits per heavy atom. The molecular weight excluding hydrogens is 284 g/mol. The lowest BCUT2D eigenvalue weighted by Gasteiger charge is -2.04. The molecule has 1 heterocycles.